The zero-order valence-electron chi connectivity index (χ0n) is 9.42. The van der Waals surface area contributed by atoms with Crippen LogP contribution in [0.25, 0.3) is 0 Å². The fraction of sp³-hybridized carbons (Fsp3) is 0.364. The first-order valence-electron chi connectivity index (χ1n) is 5.25. The lowest BCUT2D eigenvalue weighted by Crippen LogP contribution is -2.37. The van der Waals surface area contributed by atoms with Gasteiger partial charge in [-0.05, 0) is 12.5 Å². The van der Waals surface area contributed by atoms with Crippen LogP contribution in [-0.2, 0) is 0 Å². The summed E-state index contributed by atoms with van der Waals surface area (Å²) in [7, 11) is 0. The number of carbonyl (C=O) groups excluding carboxylic acids is 1. The van der Waals surface area contributed by atoms with E-state index in [1.165, 1.54) is 18.2 Å². The molecule has 0 saturated heterocycles. The van der Waals surface area contributed by atoms with Crippen molar-refractivity contribution in [1.82, 2.24) is 5.32 Å². The minimum absolute atomic E-state index is 0.00407. The SMILES string of the molecule is CCC(CO)NC(=O)c1ccccc1[N+](=O)[O-]. The largest absolute Gasteiger partial charge is 0.394 e. The van der Waals surface area contributed by atoms with Crippen molar-refractivity contribution in [2.75, 3.05) is 6.61 Å². The minimum atomic E-state index is -0.602. The highest BCUT2D eigenvalue weighted by Crippen LogP contribution is 2.17. The number of hydrogen-bond donors (Lipinski definition) is 2. The van der Waals surface area contributed by atoms with Gasteiger partial charge in [-0.1, -0.05) is 19.1 Å². The molecule has 0 aliphatic heterocycles. The predicted octanol–water partition coefficient (Wildman–Crippen LogP) is 1.10. The van der Waals surface area contributed by atoms with E-state index in [1.54, 1.807) is 13.0 Å². The molecule has 0 saturated carbocycles. The minimum Gasteiger partial charge on any atom is -0.394 e. The number of aliphatic hydroxyl groups is 1. The van der Waals surface area contributed by atoms with E-state index in [0.29, 0.717) is 6.42 Å². The quantitative estimate of drug-likeness (QED) is 0.593. The summed E-state index contributed by atoms with van der Waals surface area (Å²) in [6.07, 6.45) is 0.558. The number of nitrogens with one attached hydrogen (secondary N) is 1. The molecule has 1 rings (SSSR count). The molecule has 2 N–H and O–H groups in total. The lowest BCUT2D eigenvalue weighted by Gasteiger charge is -2.13. The molecule has 1 aromatic carbocycles. The summed E-state index contributed by atoms with van der Waals surface area (Å²) >= 11 is 0. The highest BCUT2D eigenvalue weighted by molar-refractivity contribution is 5.98. The molecule has 1 atom stereocenters. The lowest BCUT2D eigenvalue weighted by molar-refractivity contribution is -0.385. The Bertz CT molecular complexity index is 416. The van der Waals surface area contributed by atoms with Crippen LogP contribution in [0.2, 0.25) is 0 Å². The smallest absolute Gasteiger partial charge is 0.282 e. The Morgan fingerprint density at radius 1 is 1.53 bits per heavy atom. The van der Waals surface area contributed by atoms with E-state index >= 15 is 0 Å². The van der Waals surface area contributed by atoms with E-state index in [1.807, 2.05) is 0 Å². The van der Waals surface area contributed by atoms with Gasteiger partial charge in [0.25, 0.3) is 11.6 Å². The Kier molecular flexibility index (Phi) is 4.59. The second kappa shape index (κ2) is 5.95. The van der Waals surface area contributed by atoms with Crippen LogP contribution in [-0.4, -0.2) is 28.6 Å². The summed E-state index contributed by atoms with van der Waals surface area (Å²) in [6.45, 7) is 1.61. The van der Waals surface area contributed by atoms with E-state index < -0.39 is 10.8 Å². The number of para-hydroxylation sites is 1. The van der Waals surface area contributed by atoms with Crippen molar-refractivity contribution in [3.63, 3.8) is 0 Å². The predicted molar refractivity (Wildman–Crippen MR) is 61.7 cm³/mol. The Morgan fingerprint density at radius 3 is 2.71 bits per heavy atom. The van der Waals surface area contributed by atoms with E-state index in [0.717, 1.165) is 0 Å². The molecule has 0 bridgehead atoms. The van der Waals surface area contributed by atoms with Gasteiger partial charge in [0.1, 0.15) is 5.56 Å². The van der Waals surface area contributed by atoms with Gasteiger partial charge < -0.3 is 10.4 Å². The van der Waals surface area contributed by atoms with Crippen LogP contribution in [0.1, 0.15) is 23.7 Å². The van der Waals surface area contributed by atoms with Crippen molar-refractivity contribution < 1.29 is 14.8 Å². The number of rotatable bonds is 5. The Hall–Kier alpha value is -1.95. The second-order valence-corrected chi connectivity index (χ2v) is 3.54. The molecule has 0 heterocycles. The zero-order chi connectivity index (χ0) is 12.8. The van der Waals surface area contributed by atoms with Crippen LogP contribution < -0.4 is 5.32 Å². The first-order valence-corrected chi connectivity index (χ1v) is 5.25. The standard InChI is InChI=1S/C11H14N2O4/c1-2-8(7-14)12-11(15)9-5-3-4-6-10(9)13(16)17/h3-6,8,14H,2,7H2,1H3,(H,12,15). The van der Waals surface area contributed by atoms with Gasteiger partial charge in [-0.3, -0.25) is 14.9 Å². The molecule has 0 aliphatic rings. The van der Waals surface area contributed by atoms with Crippen LogP contribution in [0, 0.1) is 10.1 Å². The molecular weight excluding hydrogens is 224 g/mol. The second-order valence-electron chi connectivity index (χ2n) is 3.54. The monoisotopic (exact) mass is 238 g/mol. The first-order chi connectivity index (χ1) is 8.10. The van der Waals surface area contributed by atoms with Gasteiger partial charge in [-0.2, -0.15) is 0 Å². The third-order valence-electron chi connectivity index (χ3n) is 2.39. The number of benzene rings is 1. The first kappa shape index (κ1) is 13.1. The molecule has 1 aromatic rings. The summed E-state index contributed by atoms with van der Waals surface area (Å²) in [5.41, 5.74) is -0.234. The maximum Gasteiger partial charge on any atom is 0.282 e. The number of nitro benzene ring substituents is 1. The molecule has 1 unspecified atom stereocenters. The highest BCUT2D eigenvalue weighted by Gasteiger charge is 2.20. The molecule has 0 radical (unpaired) electrons. The average Bonchev–Trinajstić information content (AvgIpc) is 2.35. The van der Waals surface area contributed by atoms with Gasteiger partial charge in [0, 0.05) is 6.07 Å². The van der Waals surface area contributed by atoms with Gasteiger partial charge in [0.15, 0.2) is 0 Å². The summed E-state index contributed by atoms with van der Waals surface area (Å²) in [6, 6.07) is 5.33. The normalized spacial score (nSPS) is 11.9. The number of hydrogen-bond acceptors (Lipinski definition) is 4. The van der Waals surface area contributed by atoms with E-state index in [4.69, 9.17) is 5.11 Å². The third kappa shape index (κ3) is 3.25. The lowest BCUT2D eigenvalue weighted by atomic mass is 10.1. The van der Waals surface area contributed by atoms with Crippen molar-refractivity contribution in [2.45, 2.75) is 19.4 Å². The maximum absolute atomic E-state index is 11.8. The van der Waals surface area contributed by atoms with Crippen LogP contribution in [0.5, 0.6) is 0 Å². The van der Waals surface area contributed by atoms with E-state index in [2.05, 4.69) is 5.32 Å². The van der Waals surface area contributed by atoms with Crippen molar-refractivity contribution in [2.24, 2.45) is 0 Å². The highest BCUT2D eigenvalue weighted by atomic mass is 16.6. The van der Waals surface area contributed by atoms with Gasteiger partial charge in [-0.25, -0.2) is 0 Å². The number of amides is 1. The van der Waals surface area contributed by atoms with Crippen LogP contribution in [0.3, 0.4) is 0 Å². The molecule has 1 amide bonds. The van der Waals surface area contributed by atoms with Crippen LogP contribution >= 0.6 is 0 Å². The van der Waals surface area contributed by atoms with Crippen LogP contribution in [0.4, 0.5) is 5.69 Å². The molecule has 6 nitrogen and oxygen atoms in total. The van der Waals surface area contributed by atoms with Crippen molar-refractivity contribution in [3.8, 4) is 0 Å². The summed E-state index contributed by atoms with van der Waals surface area (Å²) in [4.78, 5) is 21.9. The topological polar surface area (TPSA) is 92.5 Å². The molecule has 92 valence electrons. The molecular formula is C11H14N2O4. The van der Waals surface area contributed by atoms with E-state index in [-0.39, 0.29) is 23.9 Å². The molecule has 0 spiro atoms. The Morgan fingerprint density at radius 2 is 2.18 bits per heavy atom. The average molecular weight is 238 g/mol. The number of aliphatic hydroxyl groups excluding tert-OH is 1. The fourth-order valence-corrected chi connectivity index (χ4v) is 1.36. The molecule has 0 aromatic heterocycles. The molecule has 0 fully saturated rings. The van der Waals surface area contributed by atoms with Gasteiger partial charge in [0.2, 0.25) is 0 Å². The molecule has 17 heavy (non-hydrogen) atoms. The zero-order valence-corrected chi connectivity index (χ0v) is 9.42. The maximum atomic E-state index is 11.8. The Labute approximate surface area is 98.4 Å². The molecule has 6 heteroatoms. The summed E-state index contributed by atoms with van der Waals surface area (Å²) in [5.74, 6) is -0.543. The van der Waals surface area contributed by atoms with Crippen molar-refractivity contribution >= 4 is 11.6 Å². The Balaban J connectivity index is 2.92. The van der Waals surface area contributed by atoms with E-state index in [9.17, 15) is 14.9 Å². The third-order valence-corrected chi connectivity index (χ3v) is 2.39. The van der Waals surface area contributed by atoms with Crippen molar-refractivity contribution in [1.29, 1.82) is 0 Å². The number of nitro groups is 1. The fourth-order valence-electron chi connectivity index (χ4n) is 1.36. The number of nitrogens with zero attached hydrogens (tertiary/aromatic N) is 1. The molecule has 0 aliphatic carbocycles. The van der Waals surface area contributed by atoms with Gasteiger partial charge in [-0.15, -0.1) is 0 Å². The van der Waals surface area contributed by atoms with Gasteiger partial charge >= 0.3 is 0 Å². The van der Waals surface area contributed by atoms with Gasteiger partial charge in [0.05, 0.1) is 17.6 Å². The van der Waals surface area contributed by atoms with Crippen molar-refractivity contribution in [3.05, 3.63) is 39.9 Å². The summed E-state index contributed by atoms with van der Waals surface area (Å²) in [5, 5.41) is 22.2. The summed E-state index contributed by atoms with van der Waals surface area (Å²) < 4.78 is 0. The van der Waals surface area contributed by atoms with Crippen LogP contribution in [0.15, 0.2) is 24.3 Å². The number of carbonyl (C=O) groups is 1.